The molecule has 5 heteroatoms. The summed E-state index contributed by atoms with van der Waals surface area (Å²) >= 11 is 1.60. The summed E-state index contributed by atoms with van der Waals surface area (Å²) in [5, 5.41) is 12.2. The van der Waals surface area contributed by atoms with Crippen LogP contribution in [0.5, 0.6) is 0 Å². The van der Waals surface area contributed by atoms with Crippen molar-refractivity contribution in [3.63, 3.8) is 0 Å². The predicted octanol–water partition coefficient (Wildman–Crippen LogP) is 2.15. The molecule has 3 nitrogen and oxygen atoms in total. The number of aryl methyl sites for hydroxylation is 1. The van der Waals surface area contributed by atoms with E-state index in [0.29, 0.717) is 12.2 Å². The third-order valence-corrected chi connectivity index (χ3v) is 4.96. The zero-order valence-corrected chi connectivity index (χ0v) is 11.0. The Morgan fingerprint density at radius 1 is 1.56 bits per heavy atom. The van der Waals surface area contributed by atoms with Gasteiger partial charge in [0.25, 0.3) is 0 Å². The highest BCUT2D eigenvalue weighted by atomic mass is 32.2. The second kappa shape index (κ2) is 6.15. The van der Waals surface area contributed by atoms with Crippen LogP contribution in [0.15, 0.2) is 16.8 Å². The van der Waals surface area contributed by atoms with Crippen molar-refractivity contribution in [2.75, 3.05) is 5.75 Å². The lowest BCUT2D eigenvalue weighted by Gasteiger charge is -2.15. The standard InChI is InChI=1S/C11H16O3S2/c1-8(2)10(11(12)13)16(14)6-4-9-3-5-15-7-9/h3,5,7-8,10H,4,6H2,1-2H3,(H,12,13). The Balaban J connectivity index is 2.53. The molecule has 0 saturated heterocycles. The molecule has 0 amide bonds. The van der Waals surface area contributed by atoms with Gasteiger partial charge in [0.05, 0.1) is 0 Å². The Labute approximate surface area is 102 Å². The first-order chi connectivity index (χ1) is 7.52. The van der Waals surface area contributed by atoms with Crippen molar-refractivity contribution in [2.24, 2.45) is 5.92 Å². The number of thiophene rings is 1. The van der Waals surface area contributed by atoms with Crippen molar-refractivity contribution in [3.05, 3.63) is 22.4 Å². The van der Waals surface area contributed by atoms with Gasteiger partial charge in [0.1, 0.15) is 5.25 Å². The van der Waals surface area contributed by atoms with Gasteiger partial charge in [-0.05, 0) is 34.7 Å². The van der Waals surface area contributed by atoms with E-state index in [-0.39, 0.29) is 5.92 Å². The highest BCUT2D eigenvalue weighted by molar-refractivity contribution is 7.86. The predicted molar refractivity (Wildman–Crippen MR) is 67.3 cm³/mol. The summed E-state index contributed by atoms with van der Waals surface area (Å²) < 4.78 is 11.9. The van der Waals surface area contributed by atoms with Crippen molar-refractivity contribution in [1.82, 2.24) is 0 Å². The maximum absolute atomic E-state index is 11.9. The molecule has 0 spiro atoms. The number of hydrogen-bond acceptors (Lipinski definition) is 3. The summed E-state index contributed by atoms with van der Waals surface area (Å²) in [4.78, 5) is 11.0. The molecule has 0 bridgehead atoms. The van der Waals surface area contributed by atoms with E-state index in [1.807, 2.05) is 16.8 Å². The average molecular weight is 260 g/mol. The zero-order valence-electron chi connectivity index (χ0n) is 9.38. The highest BCUT2D eigenvalue weighted by Crippen LogP contribution is 2.13. The second-order valence-electron chi connectivity index (χ2n) is 3.97. The van der Waals surface area contributed by atoms with Crippen LogP contribution in [0.1, 0.15) is 19.4 Å². The Morgan fingerprint density at radius 3 is 2.69 bits per heavy atom. The van der Waals surface area contributed by atoms with Crippen molar-refractivity contribution < 1.29 is 14.1 Å². The molecule has 1 aromatic rings. The number of hydrogen-bond donors (Lipinski definition) is 1. The molecule has 1 N–H and O–H groups in total. The molecule has 1 rings (SSSR count). The molecule has 16 heavy (non-hydrogen) atoms. The molecule has 0 saturated carbocycles. The molecular weight excluding hydrogens is 244 g/mol. The van der Waals surface area contributed by atoms with Gasteiger partial charge in [-0.25, -0.2) is 0 Å². The fourth-order valence-corrected chi connectivity index (χ4v) is 3.71. The third-order valence-electron chi connectivity index (χ3n) is 2.30. The van der Waals surface area contributed by atoms with Crippen LogP contribution in [0.4, 0.5) is 0 Å². The van der Waals surface area contributed by atoms with Crippen LogP contribution in [-0.4, -0.2) is 26.3 Å². The molecule has 0 aliphatic heterocycles. The van der Waals surface area contributed by atoms with Gasteiger partial charge in [0.2, 0.25) is 0 Å². The first-order valence-electron chi connectivity index (χ1n) is 5.13. The van der Waals surface area contributed by atoms with E-state index in [1.165, 1.54) is 0 Å². The number of carbonyl (C=O) groups is 1. The summed E-state index contributed by atoms with van der Waals surface area (Å²) in [7, 11) is -1.30. The van der Waals surface area contributed by atoms with Gasteiger partial charge in [-0.2, -0.15) is 11.3 Å². The summed E-state index contributed by atoms with van der Waals surface area (Å²) in [5.41, 5.74) is 1.13. The zero-order chi connectivity index (χ0) is 12.1. The van der Waals surface area contributed by atoms with Gasteiger partial charge >= 0.3 is 5.97 Å². The second-order valence-corrected chi connectivity index (χ2v) is 6.43. The van der Waals surface area contributed by atoms with Gasteiger partial charge in [-0.15, -0.1) is 0 Å². The minimum absolute atomic E-state index is 0.0965. The topological polar surface area (TPSA) is 54.4 Å². The van der Waals surface area contributed by atoms with Gasteiger partial charge in [0.15, 0.2) is 0 Å². The maximum atomic E-state index is 11.9. The molecule has 2 atom stereocenters. The van der Waals surface area contributed by atoms with Crippen molar-refractivity contribution in [2.45, 2.75) is 25.5 Å². The van der Waals surface area contributed by atoms with Crippen LogP contribution in [-0.2, 0) is 22.0 Å². The minimum Gasteiger partial charge on any atom is -0.480 e. The van der Waals surface area contributed by atoms with E-state index < -0.39 is 22.0 Å². The highest BCUT2D eigenvalue weighted by Gasteiger charge is 2.27. The molecule has 0 aromatic carbocycles. The molecule has 0 aliphatic carbocycles. The van der Waals surface area contributed by atoms with E-state index >= 15 is 0 Å². The first kappa shape index (κ1) is 13.4. The first-order valence-corrected chi connectivity index (χ1v) is 7.46. The fourth-order valence-electron chi connectivity index (χ4n) is 1.48. The van der Waals surface area contributed by atoms with E-state index in [0.717, 1.165) is 5.56 Å². The molecular formula is C11H16O3S2. The number of aliphatic carboxylic acids is 1. The normalized spacial score (nSPS) is 14.9. The third kappa shape index (κ3) is 3.72. The molecule has 1 heterocycles. The Bertz CT molecular complexity index is 357. The number of carboxylic acids is 1. The summed E-state index contributed by atoms with van der Waals surface area (Å²) in [6, 6.07) is 1.98. The quantitative estimate of drug-likeness (QED) is 0.852. The van der Waals surface area contributed by atoms with Crippen LogP contribution >= 0.6 is 11.3 Å². The van der Waals surface area contributed by atoms with Crippen LogP contribution < -0.4 is 0 Å². The SMILES string of the molecule is CC(C)C(C(=O)O)S(=O)CCc1ccsc1. The number of carboxylic acid groups (broad SMARTS) is 1. The van der Waals surface area contributed by atoms with Crippen LogP contribution in [0.3, 0.4) is 0 Å². The molecule has 0 fully saturated rings. The summed E-state index contributed by atoms with van der Waals surface area (Å²) in [6.45, 7) is 3.59. The fraction of sp³-hybridized carbons (Fsp3) is 0.545. The molecule has 0 radical (unpaired) electrons. The summed E-state index contributed by atoms with van der Waals surface area (Å²) in [6.07, 6.45) is 0.687. The van der Waals surface area contributed by atoms with Crippen LogP contribution in [0.25, 0.3) is 0 Å². The molecule has 2 unspecified atom stereocenters. The lowest BCUT2D eigenvalue weighted by atomic mass is 10.1. The van der Waals surface area contributed by atoms with Crippen molar-refractivity contribution in [1.29, 1.82) is 0 Å². The van der Waals surface area contributed by atoms with Crippen LogP contribution in [0, 0.1) is 5.92 Å². The lowest BCUT2D eigenvalue weighted by molar-refractivity contribution is -0.137. The van der Waals surface area contributed by atoms with Gasteiger partial charge in [-0.3, -0.25) is 9.00 Å². The van der Waals surface area contributed by atoms with E-state index in [2.05, 4.69) is 0 Å². The monoisotopic (exact) mass is 260 g/mol. The number of rotatable bonds is 6. The van der Waals surface area contributed by atoms with Gasteiger partial charge in [-0.1, -0.05) is 13.8 Å². The van der Waals surface area contributed by atoms with Crippen molar-refractivity contribution >= 4 is 28.1 Å². The lowest BCUT2D eigenvalue weighted by Crippen LogP contribution is -2.32. The Kier molecular flexibility index (Phi) is 5.15. The van der Waals surface area contributed by atoms with Gasteiger partial charge in [0, 0.05) is 16.6 Å². The van der Waals surface area contributed by atoms with E-state index in [4.69, 9.17) is 5.11 Å². The molecule has 90 valence electrons. The largest absolute Gasteiger partial charge is 0.480 e. The maximum Gasteiger partial charge on any atom is 0.319 e. The smallest absolute Gasteiger partial charge is 0.319 e. The Hall–Kier alpha value is -0.680. The van der Waals surface area contributed by atoms with Crippen LogP contribution in [0.2, 0.25) is 0 Å². The average Bonchev–Trinajstić information content (AvgIpc) is 2.65. The van der Waals surface area contributed by atoms with E-state index in [1.54, 1.807) is 25.2 Å². The summed E-state index contributed by atoms with van der Waals surface area (Å²) in [5.74, 6) is -0.634. The minimum atomic E-state index is -1.30. The van der Waals surface area contributed by atoms with E-state index in [9.17, 15) is 9.00 Å². The van der Waals surface area contributed by atoms with Gasteiger partial charge < -0.3 is 5.11 Å². The van der Waals surface area contributed by atoms with Crippen molar-refractivity contribution in [3.8, 4) is 0 Å². The molecule has 1 aromatic heterocycles. The molecule has 0 aliphatic rings. The Morgan fingerprint density at radius 2 is 2.25 bits per heavy atom.